The van der Waals surface area contributed by atoms with Gasteiger partial charge in [0.15, 0.2) is 5.78 Å². The molecule has 0 saturated carbocycles. The summed E-state index contributed by atoms with van der Waals surface area (Å²) in [6, 6.07) is 0. The molecule has 0 aliphatic heterocycles. The van der Waals surface area contributed by atoms with Crippen molar-refractivity contribution in [1.82, 2.24) is 0 Å². The van der Waals surface area contributed by atoms with Crippen LogP contribution in [0.4, 0.5) is 0 Å². The summed E-state index contributed by atoms with van der Waals surface area (Å²) in [6.45, 7) is 2.14. The second-order valence-electron chi connectivity index (χ2n) is 4.03. The third kappa shape index (κ3) is 6.83. The summed E-state index contributed by atoms with van der Waals surface area (Å²) >= 11 is 5.33. The van der Waals surface area contributed by atoms with E-state index in [1.54, 1.807) is 0 Å². The Labute approximate surface area is 102 Å². The van der Waals surface area contributed by atoms with Crippen LogP contribution in [0, 0.1) is 5.92 Å². The van der Waals surface area contributed by atoms with E-state index in [1.807, 2.05) is 0 Å². The number of ketones is 1. The summed E-state index contributed by atoms with van der Waals surface area (Å²) in [4.78, 5) is 21.8. The van der Waals surface area contributed by atoms with Gasteiger partial charge < -0.3 is 9.90 Å². The van der Waals surface area contributed by atoms with Crippen molar-refractivity contribution in [2.24, 2.45) is 5.92 Å². The number of carbonyl (C=O) groups excluding carboxylic acids is 2. The highest BCUT2D eigenvalue weighted by molar-refractivity contribution is 6.29. The zero-order valence-electron chi connectivity index (χ0n) is 9.84. The van der Waals surface area contributed by atoms with Gasteiger partial charge in [0.25, 0.3) is 0 Å². The Morgan fingerprint density at radius 3 is 2.19 bits per heavy atom. The number of carbonyl (C=O) groups is 2. The van der Waals surface area contributed by atoms with E-state index >= 15 is 0 Å². The van der Waals surface area contributed by atoms with E-state index in [-0.39, 0.29) is 5.88 Å². The molecule has 0 bridgehead atoms. The number of hydrogen-bond acceptors (Lipinski definition) is 3. The summed E-state index contributed by atoms with van der Waals surface area (Å²) in [5.74, 6) is -2.98. The lowest BCUT2D eigenvalue weighted by Crippen LogP contribution is -2.37. The Bertz CT molecular complexity index is 216. The summed E-state index contributed by atoms with van der Waals surface area (Å²) in [7, 11) is 0. The highest BCUT2D eigenvalue weighted by atomic mass is 35.5. The van der Waals surface area contributed by atoms with E-state index in [2.05, 4.69) is 6.92 Å². The second kappa shape index (κ2) is 9.64. The number of halogens is 1. The first-order chi connectivity index (χ1) is 7.63. The van der Waals surface area contributed by atoms with Gasteiger partial charge in [0, 0.05) is 0 Å². The third-order valence-corrected chi connectivity index (χ3v) is 2.91. The van der Waals surface area contributed by atoms with Gasteiger partial charge in [-0.3, -0.25) is 4.79 Å². The summed E-state index contributed by atoms with van der Waals surface area (Å²) in [5, 5.41) is 10.7. The molecule has 0 rings (SSSR count). The average Bonchev–Trinajstić information content (AvgIpc) is 2.26. The molecule has 0 amide bonds. The molecule has 0 spiro atoms. The molecule has 0 aliphatic rings. The Kier molecular flexibility index (Phi) is 9.30. The monoisotopic (exact) mass is 247 g/mol. The number of hydrogen-bond donors (Lipinski definition) is 0. The number of Topliss-reactive ketones (excluding diaryl/α,β-unsaturated/α-hetero) is 1. The van der Waals surface area contributed by atoms with Crippen LogP contribution in [0.25, 0.3) is 0 Å². The van der Waals surface area contributed by atoms with Gasteiger partial charge in [0.1, 0.15) is 0 Å². The van der Waals surface area contributed by atoms with E-state index in [9.17, 15) is 14.7 Å². The van der Waals surface area contributed by atoms with Gasteiger partial charge >= 0.3 is 0 Å². The molecule has 3 nitrogen and oxygen atoms in total. The van der Waals surface area contributed by atoms with Gasteiger partial charge in [-0.2, -0.15) is 0 Å². The van der Waals surface area contributed by atoms with E-state index in [0.29, 0.717) is 6.42 Å². The average molecular weight is 248 g/mol. The van der Waals surface area contributed by atoms with E-state index in [0.717, 1.165) is 19.3 Å². The van der Waals surface area contributed by atoms with Gasteiger partial charge in [0.2, 0.25) is 0 Å². The first-order valence-electron chi connectivity index (χ1n) is 5.93. The van der Waals surface area contributed by atoms with E-state index in [4.69, 9.17) is 11.6 Å². The number of unbranched alkanes of at least 4 members (excludes halogenated alkanes) is 5. The Morgan fingerprint density at radius 1 is 1.12 bits per heavy atom. The van der Waals surface area contributed by atoms with Crippen molar-refractivity contribution in [3.8, 4) is 0 Å². The number of carboxylic acid groups (broad SMARTS) is 1. The third-order valence-electron chi connectivity index (χ3n) is 2.65. The summed E-state index contributed by atoms with van der Waals surface area (Å²) < 4.78 is 0. The van der Waals surface area contributed by atoms with Crippen LogP contribution >= 0.6 is 11.6 Å². The quantitative estimate of drug-likeness (QED) is 0.337. The van der Waals surface area contributed by atoms with Crippen molar-refractivity contribution in [2.45, 2.75) is 51.9 Å². The normalized spacial score (nSPS) is 12.4. The lowest BCUT2D eigenvalue weighted by Gasteiger charge is -2.15. The van der Waals surface area contributed by atoms with Gasteiger partial charge in [0.05, 0.1) is 17.8 Å². The molecule has 0 aliphatic carbocycles. The van der Waals surface area contributed by atoms with Crippen LogP contribution in [0.3, 0.4) is 0 Å². The molecule has 94 valence electrons. The maximum absolute atomic E-state index is 11.2. The molecule has 0 saturated heterocycles. The predicted molar refractivity (Wildman–Crippen MR) is 62.2 cm³/mol. The molecule has 1 atom stereocenters. The minimum atomic E-state index is -1.29. The molecule has 0 heterocycles. The van der Waals surface area contributed by atoms with Crippen LogP contribution in [-0.4, -0.2) is 17.6 Å². The van der Waals surface area contributed by atoms with Crippen molar-refractivity contribution in [1.29, 1.82) is 0 Å². The molecule has 1 unspecified atom stereocenters. The van der Waals surface area contributed by atoms with Crippen LogP contribution in [0.2, 0.25) is 0 Å². The van der Waals surface area contributed by atoms with Crippen molar-refractivity contribution in [2.75, 3.05) is 5.88 Å². The maximum Gasteiger partial charge on any atom is 0.156 e. The Hall–Kier alpha value is -0.570. The first kappa shape index (κ1) is 15.4. The van der Waals surface area contributed by atoms with Crippen LogP contribution in [0.15, 0.2) is 0 Å². The van der Waals surface area contributed by atoms with Gasteiger partial charge in [-0.1, -0.05) is 45.4 Å². The molecule has 0 aromatic heterocycles. The van der Waals surface area contributed by atoms with Crippen LogP contribution < -0.4 is 5.11 Å². The largest absolute Gasteiger partial charge is 0.549 e. The van der Waals surface area contributed by atoms with Crippen LogP contribution in [-0.2, 0) is 9.59 Å². The molecule has 16 heavy (non-hydrogen) atoms. The maximum atomic E-state index is 11.2. The topological polar surface area (TPSA) is 57.2 Å². The molecular formula is C12H20ClO3-. The van der Waals surface area contributed by atoms with Crippen molar-refractivity contribution >= 4 is 23.4 Å². The summed E-state index contributed by atoms with van der Waals surface area (Å²) in [6.07, 6.45) is 6.76. The van der Waals surface area contributed by atoms with E-state index in [1.165, 1.54) is 19.3 Å². The van der Waals surface area contributed by atoms with Gasteiger partial charge in [-0.05, 0) is 6.42 Å². The molecule has 0 aromatic carbocycles. The fraction of sp³-hybridized carbons (Fsp3) is 0.833. The lowest BCUT2D eigenvalue weighted by atomic mass is 9.97. The SMILES string of the molecule is CCCCCCCCC(C(=O)[O-])C(=O)CCl. The van der Waals surface area contributed by atoms with Crippen molar-refractivity contribution in [3.63, 3.8) is 0 Å². The van der Waals surface area contributed by atoms with Crippen LogP contribution in [0.5, 0.6) is 0 Å². The zero-order valence-corrected chi connectivity index (χ0v) is 10.6. The molecule has 0 radical (unpaired) electrons. The first-order valence-corrected chi connectivity index (χ1v) is 6.46. The fourth-order valence-electron chi connectivity index (χ4n) is 1.63. The molecule has 0 N–H and O–H groups in total. The fourth-order valence-corrected chi connectivity index (χ4v) is 1.82. The van der Waals surface area contributed by atoms with Crippen molar-refractivity contribution in [3.05, 3.63) is 0 Å². The smallest absolute Gasteiger partial charge is 0.156 e. The number of carboxylic acids is 1. The minimum Gasteiger partial charge on any atom is -0.549 e. The Morgan fingerprint density at radius 2 is 1.69 bits per heavy atom. The number of alkyl halides is 1. The standard InChI is InChI=1S/C12H21ClO3/c1-2-3-4-5-6-7-8-10(12(15)16)11(14)9-13/h10H,2-9H2,1H3,(H,15,16)/p-1. The highest BCUT2D eigenvalue weighted by Gasteiger charge is 2.17. The van der Waals surface area contributed by atoms with Crippen LogP contribution in [0.1, 0.15) is 51.9 Å². The number of aliphatic carboxylic acids is 1. The van der Waals surface area contributed by atoms with Crippen molar-refractivity contribution < 1.29 is 14.7 Å². The predicted octanol–water partition coefficient (Wildman–Crippen LogP) is 1.91. The summed E-state index contributed by atoms with van der Waals surface area (Å²) in [5.41, 5.74) is 0. The highest BCUT2D eigenvalue weighted by Crippen LogP contribution is 2.13. The minimum absolute atomic E-state index is 0.242. The zero-order chi connectivity index (χ0) is 12.4. The van der Waals surface area contributed by atoms with E-state index < -0.39 is 17.7 Å². The molecule has 4 heteroatoms. The van der Waals surface area contributed by atoms with Gasteiger partial charge in [-0.25, -0.2) is 0 Å². The number of rotatable bonds is 10. The Balaban J connectivity index is 3.69. The molecule has 0 fully saturated rings. The molecular weight excluding hydrogens is 228 g/mol. The second-order valence-corrected chi connectivity index (χ2v) is 4.30. The molecule has 0 aromatic rings. The lowest BCUT2D eigenvalue weighted by molar-refractivity contribution is -0.310. The van der Waals surface area contributed by atoms with Gasteiger partial charge in [-0.15, -0.1) is 11.6 Å².